The lowest BCUT2D eigenvalue weighted by Gasteiger charge is -2.13. The van der Waals surface area contributed by atoms with Gasteiger partial charge >= 0.3 is 0 Å². The molecule has 5 aromatic rings. The maximum atomic E-state index is 6.37. The average Bonchev–Trinajstić information content (AvgIpc) is 3.18. The first-order valence-electron chi connectivity index (χ1n) is 11.2. The Hall–Kier alpha value is -3.34. The first-order valence-corrected chi connectivity index (χ1v) is 11.9. The van der Waals surface area contributed by atoms with Crippen LogP contribution in [-0.2, 0) is 6.54 Å². The molecule has 0 radical (unpaired) electrons. The summed E-state index contributed by atoms with van der Waals surface area (Å²) < 4.78 is 2.22. The van der Waals surface area contributed by atoms with E-state index in [1.807, 2.05) is 38.1 Å². The molecule has 34 heavy (non-hydrogen) atoms. The second-order valence-corrected chi connectivity index (χ2v) is 9.41. The fourth-order valence-corrected chi connectivity index (χ4v) is 4.56. The number of amidine groups is 1. The van der Waals surface area contributed by atoms with Crippen LogP contribution in [0.25, 0.3) is 33.2 Å². The van der Waals surface area contributed by atoms with Crippen LogP contribution >= 0.6 is 23.2 Å². The maximum absolute atomic E-state index is 6.37. The minimum Gasteiger partial charge on any atom is -0.383 e. The van der Waals surface area contributed by atoms with Crippen molar-refractivity contribution in [3.8, 4) is 11.4 Å². The van der Waals surface area contributed by atoms with Crippen LogP contribution in [0.2, 0.25) is 10.0 Å². The van der Waals surface area contributed by atoms with Crippen LogP contribution in [0.15, 0.2) is 83.9 Å². The molecule has 0 bridgehead atoms. The van der Waals surface area contributed by atoms with Crippen molar-refractivity contribution in [2.75, 3.05) is 0 Å². The molecule has 4 nitrogen and oxygen atoms in total. The van der Waals surface area contributed by atoms with Gasteiger partial charge in [0.15, 0.2) is 0 Å². The summed E-state index contributed by atoms with van der Waals surface area (Å²) in [5.41, 5.74) is 11.1. The Bertz CT molecular complexity index is 1540. The van der Waals surface area contributed by atoms with Crippen molar-refractivity contribution < 1.29 is 0 Å². The number of nitrogens with two attached hydrogens (primary N) is 1. The van der Waals surface area contributed by atoms with Crippen molar-refractivity contribution in [1.82, 2.24) is 9.55 Å². The summed E-state index contributed by atoms with van der Waals surface area (Å²) in [7, 11) is 0. The number of hydrogen-bond acceptors (Lipinski definition) is 2. The van der Waals surface area contributed by atoms with E-state index in [4.69, 9.17) is 33.9 Å². The van der Waals surface area contributed by atoms with E-state index < -0.39 is 0 Å². The summed E-state index contributed by atoms with van der Waals surface area (Å²) in [5, 5.41) is 3.44. The third kappa shape index (κ3) is 4.27. The highest BCUT2D eigenvalue weighted by molar-refractivity contribution is 6.42. The van der Waals surface area contributed by atoms with E-state index in [-0.39, 0.29) is 6.04 Å². The molecular weight excluding hydrogens is 463 g/mol. The summed E-state index contributed by atoms with van der Waals surface area (Å²) in [4.78, 5) is 9.50. The van der Waals surface area contributed by atoms with E-state index in [1.165, 1.54) is 16.3 Å². The number of rotatable bonds is 5. The molecular formula is C28H24Cl2N4. The Kier molecular flexibility index (Phi) is 6.03. The van der Waals surface area contributed by atoms with Gasteiger partial charge in [0.05, 0.1) is 27.6 Å². The normalized spacial score (nSPS) is 12.2. The third-order valence-electron chi connectivity index (χ3n) is 5.83. The highest BCUT2D eigenvalue weighted by atomic mass is 35.5. The van der Waals surface area contributed by atoms with E-state index in [9.17, 15) is 0 Å². The fraction of sp³-hybridized carbons (Fsp3) is 0.143. The van der Waals surface area contributed by atoms with Gasteiger partial charge in [0.2, 0.25) is 0 Å². The molecule has 0 saturated heterocycles. The molecule has 0 fully saturated rings. The minimum atomic E-state index is 0.117. The Morgan fingerprint density at radius 3 is 2.53 bits per heavy atom. The Balaban J connectivity index is 1.71. The van der Waals surface area contributed by atoms with Crippen LogP contribution in [0.4, 0.5) is 0 Å². The van der Waals surface area contributed by atoms with Crippen molar-refractivity contribution in [2.45, 2.75) is 26.4 Å². The van der Waals surface area contributed by atoms with Gasteiger partial charge in [-0.05, 0) is 66.6 Å². The molecule has 4 aromatic carbocycles. The Labute approximate surface area is 208 Å². The number of halogens is 2. The van der Waals surface area contributed by atoms with Gasteiger partial charge in [0.25, 0.3) is 0 Å². The van der Waals surface area contributed by atoms with Gasteiger partial charge in [-0.2, -0.15) is 0 Å². The summed E-state index contributed by atoms with van der Waals surface area (Å²) in [6.45, 7) is 4.67. The zero-order valence-corrected chi connectivity index (χ0v) is 20.5. The molecule has 6 heteroatoms. The van der Waals surface area contributed by atoms with Gasteiger partial charge < -0.3 is 10.3 Å². The molecule has 0 saturated carbocycles. The van der Waals surface area contributed by atoms with E-state index in [0.29, 0.717) is 22.4 Å². The smallest absolute Gasteiger partial charge is 0.141 e. The molecule has 0 spiro atoms. The molecule has 0 unspecified atom stereocenters. The van der Waals surface area contributed by atoms with Crippen molar-refractivity contribution in [3.63, 3.8) is 0 Å². The van der Waals surface area contributed by atoms with Crippen LogP contribution in [-0.4, -0.2) is 21.4 Å². The molecule has 0 atom stereocenters. The van der Waals surface area contributed by atoms with E-state index in [1.54, 1.807) is 6.07 Å². The average molecular weight is 487 g/mol. The molecule has 0 aliphatic carbocycles. The highest BCUT2D eigenvalue weighted by Gasteiger charge is 2.16. The van der Waals surface area contributed by atoms with Crippen molar-refractivity contribution in [3.05, 3.63) is 100 Å². The quantitative estimate of drug-likeness (QED) is 0.209. The zero-order chi connectivity index (χ0) is 23.8. The maximum Gasteiger partial charge on any atom is 0.141 e. The molecule has 5 rings (SSSR count). The number of hydrogen-bond donors (Lipinski definition) is 1. The topological polar surface area (TPSA) is 56.2 Å². The summed E-state index contributed by atoms with van der Waals surface area (Å²) in [6, 6.07) is 26.6. The number of aromatic nitrogens is 2. The SMILES string of the molecule is CC(C)N=C(N)c1ccc2c(c1)nc(-c1ccc(Cl)c(Cl)c1)n2Cc1cccc2ccccc12. The number of benzene rings is 4. The molecule has 1 heterocycles. The van der Waals surface area contributed by atoms with E-state index >= 15 is 0 Å². The molecule has 2 N–H and O–H groups in total. The van der Waals surface area contributed by atoms with Crippen LogP contribution in [0.1, 0.15) is 25.0 Å². The van der Waals surface area contributed by atoms with Gasteiger partial charge in [-0.3, -0.25) is 4.99 Å². The molecule has 0 aliphatic heterocycles. The fourth-order valence-electron chi connectivity index (χ4n) is 4.26. The lowest BCUT2D eigenvalue weighted by molar-refractivity contribution is 0.834. The summed E-state index contributed by atoms with van der Waals surface area (Å²) >= 11 is 12.6. The lowest BCUT2D eigenvalue weighted by Crippen LogP contribution is -2.15. The van der Waals surface area contributed by atoms with Crippen molar-refractivity contribution in [1.29, 1.82) is 0 Å². The standard InChI is InChI=1S/C28H24Cl2N4/c1-17(2)32-27(31)19-11-13-26-25(15-19)33-28(20-10-12-23(29)24(30)14-20)34(26)16-21-8-5-7-18-6-3-4-9-22(18)21/h3-15,17H,16H2,1-2H3,(H2,31,32). The van der Waals surface area contributed by atoms with Crippen molar-refractivity contribution in [2.24, 2.45) is 10.7 Å². The number of aliphatic imine (C=N–C) groups is 1. The minimum absolute atomic E-state index is 0.117. The van der Waals surface area contributed by atoms with Gasteiger partial charge in [0, 0.05) is 17.2 Å². The van der Waals surface area contributed by atoms with Crippen LogP contribution < -0.4 is 5.73 Å². The lowest BCUT2D eigenvalue weighted by atomic mass is 10.0. The zero-order valence-electron chi connectivity index (χ0n) is 19.0. The highest BCUT2D eigenvalue weighted by Crippen LogP contribution is 2.32. The van der Waals surface area contributed by atoms with Gasteiger partial charge in [-0.25, -0.2) is 4.98 Å². The Morgan fingerprint density at radius 1 is 0.941 bits per heavy atom. The second kappa shape index (κ2) is 9.13. The predicted molar refractivity (Wildman–Crippen MR) is 144 cm³/mol. The molecule has 170 valence electrons. The van der Waals surface area contributed by atoms with Gasteiger partial charge in [0.1, 0.15) is 11.7 Å². The van der Waals surface area contributed by atoms with Gasteiger partial charge in [-0.15, -0.1) is 0 Å². The first kappa shape index (κ1) is 22.5. The molecule has 0 aliphatic rings. The summed E-state index contributed by atoms with van der Waals surface area (Å²) in [6.07, 6.45) is 0. The Morgan fingerprint density at radius 2 is 1.74 bits per heavy atom. The van der Waals surface area contributed by atoms with Crippen molar-refractivity contribution >= 4 is 50.8 Å². The first-order chi connectivity index (χ1) is 16.4. The molecule has 0 amide bonds. The van der Waals surface area contributed by atoms with E-state index in [0.717, 1.165) is 28.0 Å². The number of fused-ring (bicyclic) bond motifs is 2. The largest absolute Gasteiger partial charge is 0.383 e. The monoisotopic (exact) mass is 486 g/mol. The molecule has 1 aromatic heterocycles. The van der Waals surface area contributed by atoms with E-state index in [2.05, 4.69) is 58.1 Å². The van der Waals surface area contributed by atoms with Crippen LogP contribution in [0.3, 0.4) is 0 Å². The summed E-state index contributed by atoms with van der Waals surface area (Å²) in [5.74, 6) is 1.33. The van der Waals surface area contributed by atoms with Crippen LogP contribution in [0, 0.1) is 0 Å². The predicted octanol–water partition coefficient (Wildman–Crippen LogP) is 7.33. The van der Waals surface area contributed by atoms with Crippen LogP contribution in [0.5, 0.6) is 0 Å². The third-order valence-corrected chi connectivity index (χ3v) is 6.57. The second-order valence-electron chi connectivity index (χ2n) is 8.60. The number of nitrogens with zero attached hydrogens (tertiary/aromatic N) is 3. The number of imidazole rings is 1. The van der Waals surface area contributed by atoms with Gasteiger partial charge in [-0.1, -0.05) is 65.7 Å².